The summed E-state index contributed by atoms with van der Waals surface area (Å²) in [5.41, 5.74) is 8.59. The molecule has 3 rings (SSSR count). The predicted molar refractivity (Wildman–Crippen MR) is 81.6 cm³/mol. The highest BCUT2D eigenvalue weighted by Gasteiger charge is 2.25. The number of nitrogens with zero attached hydrogens (tertiary/aromatic N) is 1. The summed E-state index contributed by atoms with van der Waals surface area (Å²) in [5.74, 6) is 0.0629. The van der Waals surface area contributed by atoms with Gasteiger partial charge in [-0.05, 0) is 35.4 Å². The molecule has 0 fully saturated rings. The second kappa shape index (κ2) is 5.77. The van der Waals surface area contributed by atoms with E-state index in [-0.39, 0.29) is 5.91 Å². The van der Waals surface area contributed by atoms with E-state index in [0.717, 1.165) is 18.5 Å². The third-order valence-corrected chi connectivity index (χ3v) is 4.70. The zero-order valence-corrected chi connectivity index (χ0v) is 12.1. The second-order valence-corrected chi connectivity index (χ2v) is 6.18. The van der Waals surface area contributed by atoms with E-state index in [0.29, 0.717) is 13.0 Å². The number of thiophene rings is 1. The van der Waals surface area contributed by atoms with Crippen LogP contribution in [0.3, 0.4) is 0 Å². The molecule has 2 aromatic rings. The Morgan fingerprint density at radius 3 is 2.90 bits per heavy atom. The van der Waals surface area contributed by atoms with Gasteiger partial charge in [0.05, 0.1) is 12.6 Å². The topological polar surface area (TPSA) is 46.3 Å². The SMILES string of the molecule is N[C@@H](Cc1ccccc1)C(=O)N1CCc2ccsc2C1. The lowest BCUT2D eigenvalue weighted by Crippen LogP contribution is -2.46. The molecule has 4 heteroatoms. The first-order chi connectivity index (χ1) is 9.74. The summed E-state index contributed by atoms with van der Waals surface area (Å²) in [6.07, 6.45) is 1.55. The van der Waals surface area contributed by atoms with Gasteiger partial charge in [0.15, 0.2) is 0 Å². The number of hydrogen-bond donors (Lipinski definition) is 1. The molecule has 1 atom stereocenters. The zero-order valence-electron chi connectivity index (χ0n) is 11.3. The van der Waals surface area contributed by atoms with Crippen LogP contribution in [-0.4, -0.2) is 23.4 Å². The van der Waals surface area contributed by atoms with E-state index in [9.17, 15) is 4.79 Å². The lowest BCUT2D eigenvalue weighted by Gasteiger charge is -2.29. The molecule has 104 valence electrons. The van der Waals surface area contributed by atoms with Gasteiger partial charge >= 0.3 is 0 Å². The molecule has 1 aromatic carbocycles. The minimum Gasteiger partial charge on any atom is -0.336 e. The number of amides is 1. The van der Waals surface area contributed by atoms with Crippen molar-refractivity contribution in [1.29, 1.82) is 0 Å². The van der Waals surface area contributed by atoms with Gasteiger partial charge in [0.25, 0.3) is 0 Å². The standard InChI is InChI=1S/C16H18N2OS/c17-14(10-12-4-2-1-3-5-12)16(19)18-8-6-13-7-9-20-15(13)11-18/h1-5,7,9,14H,6,8,10-11,17H2/t14-/m0/s1. The van der Waals surface area contributed by atoms with Gasteiger partial charge in [-0.25, -0.2) is 0 Å². The minimum atomic E-state index is -0.445. The molecule has 0 spiro atoms. The number of carbonyl (C=O) groups excluding carboxylic acids is 1. The molecular formula is C16H18N2OS. The van der Waals surface area contributed by atoms with E-state index in [4.69, 9.17) is 5.73 Å². The van der Waals surface area contributed by atoms with Crippen molar-refractivity contribution in [3.05, 3.63) is 57.8 Å². The van der Waals surface area contributed by atoms with Gasteiger partial charge in [0.1, 0.15) is 0 Å². The van der Waals surface area contributed by atoms with Crippen molar-refractivity contribution in [3.8, 4) is 0 Å². The molecule has 0 unspecified atom stereocenters. The maximum Gasteiger partial charge on any atom is 0.240 e. The molecule has 0 aliphatic carbocycles. The fourth-order valence-corrected chi connectivity index (χ4v) is 3.56. The van der Waals surface area contributed by atoms with Crippen LogP contribution in [-0.2, 0) is 24.2 Å². The molecule has 0 bridgehead atoms. The van der Waals surface area contributed by atoms with Crippen LogP contribution in [0.15, 0.2) is 41.8 Å². The Balaban J connectivity index is 1.64. The van der Waals surface area contributed by atoms with Crippen molar-refractivity contribution < 1.29 is 4.79 Å². The van der Waals surface area contributed by atoms with Crippen LogP contribution in [0.4, 0.5) is 0 Å². The van der Waals surface area contributed by atoms with E-state index in [2.05, 4.69) is 11.4 Å². The fourth-order valence-electron chi connectivity index (χ4n) is 2.61. The summed E-state index contributed by atoms with van der Waals surface area (Å²) in [6.45, 7) is 1.50. The fraction of sp³-hybridized carbons (Fsp3) is 0.312. The molecular weight excluding hydrogens is 268 g/mol. The average Bonchev–Trinajstić information content (AvgIpc) is 2.94. The van der Waals surface area contributed by atoms with Gasteiger partial charge in [-0.15, -0.1) is 11.3 Å². The highest BCUT2D eigenvalue weighted by atomic mass is 32.1. The summed E-state index contributed by atoms with van der Waals surface area (Å²) in [5, 5.41) is 2.10. The van der Waals surface area contributed by atoms with Crippen LogP contribution in [0.25, 0.3) is 0 Å². The first kappa shape index (κ1) is 13.3. The predicted octanol–water partition coefficient (Wildman–Crippen LogP) is 2.20. The molecule has 0 saturated heterocycles. The number of nitrogens with two attached hydrogens (primary N) is 1. The third-order valence-electron chi connectivity index (χ3n) is 3.75. The minimum absolute atomic E-state index is 0.0629. The van der Waals surface area contributed by atoms with Crippen molar-refractivity contribution in [2.75, 3.05) is 6.54 Å². The Morgan fingerprint density at radius 2 is 2.10 bits per heavy atom. The van der Waals surface area contributed by atoms with Crippen LogP contribution >= 0.6 is 11.3 Å². The molecule has 1 aromatic heterocycles. The van der Waals surface area contributed by atoms with Crippen molar-refractivity contribution in [1.82, 2.24) is 4.90 Å². The first-order valence-electron chi connectivity index (χ1n) is 6.87. The third kappa shape index (κ3) is 2.76. The van der Waals surface area contributed by atoms with E-state index in [1.54, 1.807) is 11.3 Å². The van der Waals surface area contributed by atoms with E-state index >= 15 is 0 Å². The molecule has 0 saturated carbocycles. The van der Waals surface area contributed by atoms with E-state index in [1.165, 1.54) is 10.4 Å². The quantitative estimate of drug-likeness (QED) is 0.940. The van der Waals surface area contributed by atoms with E-state index in [1.807, 2.05) is 35.2 Å². The van der Waals surface area contributed by atoms with Crippen molar-refractivity contribution in [2.24, 2.45) is 5.73 Å². The maximum atomic E-state index is 12.4. The molecule has 2 heterocycles. The monoisotopic (exact) mass is 286 g/mol. The van der Waals surface area contributed by atoms with Gasteiger partial charge in [-0.2, -0.15) is 0 Å². The summed E-state index contributed by atoms with van der Waals surface area (Å²) >= 11 is 1.73. The molecule has 2 N–H and O–H groups in total. The van der Waals surface area contributed by atoms with Crippen molar-refractivity contribution in [3.63, 3.8) is 0 Å². The maximum absolute atomic E-state index is 12.4. The Labute approximate surface area is 123 Å². The first-order valence-corrected chi connectivity index (χ1v) is 7.75. The molecule has 3 nitrogen and oxygen atoms in total. The van der Waals surface area contributed by atoms with Crippen LogP contribution in [0.5, 0.6) is 0 Å². The number of carbonyl (C=O) groups is 1. The number of benzene rings is 1. The molecule has 1 aliphatic rings. The highest BCUT2D eigenvalue weighted by Crippen LogP contribution is 2.24. The number of rotatable bonds is 3. The van der Waals surface area contributed by atoms with Gasteiger partial charge in [-0.1, -0.05) is 30.3 Å². The van der Waals surface area contributed by atoms with Crippen molar-refractivity contribution >= 4 is 17.2 Å². The van der Waals surface area contributed by atoms with Crippen molar-refractivity contribution in [2.45, 2.75) is 25.4 Å². The summed E-state index contributed by atoms with van der Waals surface area (Å²) in [6, 6.07) is 11.7. The molecule has 1 aliphatic heterocycles. The van der Waals surface area contributed by atoms with Gasteiger partial charge in [0, 0.05) is 11.4 Å². The zero-order chi connectivity index (χ0) is 13.9. The average molecular weight is 286 g/mol. The van der Waals surface area contributed by atoms with Gasteiger partial charge in [0.2, 0.25) is 5.91 Å². The Bertz CT molecular complexity index is 594. The number of hydrogen-bond acceptors (Lipinski definition) is 3. The number of fused-ring (bicyclic) bond motifs is 1. The largest absolute Gasteiger partial charge is 0.336 e. The van der Waals surface area contributed by atoms with Crippen LogP contribution in [0, 0.1) is 0 Å². The Morgan fingerprint density at radius 1 is 1.30 bits per heavy atom. The molecule has 0 radical (unpaired) electrons. The molecule has 1 amide bonds. The van der Waals surface area contributed by atoms with Crippen LogP contribution < -0.4 is 5.73 Å². The van der Waals surface area contributed by atoms with Gasteiger partial charge in [-0.3, -0.25) is 4.79 Å². The Hall–Kier alpha value is -1.65. The lowest BCUT2D eigenvalue weighted by atomic mass is 10.0. The second-order valence-electron chi connectivity index (χ2n) is 5.18. The van der Waals surface area contributed by atoms with Crippen LogP contribution in [0.1, 0.15) is 16.0 Å². The summed E-state index contributed by atoms with van der Waals surface area (Å²) < 4.78 is 0. The Kier molecular flexibility index (Phi) is 3.85. The van der Waals surface area contributed by atoms with E-state index < -0.39 is 6.04 Å². The summed E-state index contributed by atoms with van der Waals surface area (Å²) in [4.78, 5) is 15.6. The smallest absolute Gasteiger partial charge is 0.240 e. The van der Waals surface area contributed by atoms with Gasteiger partial charge < -0.3 is 10.6 Å². The normalized spacial score (nSPS) is 15.8. The summed E-state index contributed by atoms with van der Waals surface area (Å²) in [7, 11) is 0. The lowest BCUT2D eigenvalue weighted by molar-refractivity contribution is -0.133. The van der Waals surface area contributed by atoms with Crippen LogP contribution in [0.2, 0.25) is 0 Å². The highest BCUT2D eigenvalue weighted by molar-refractivity contribution is 7.10. The molecule has 20 heavy (non-hydrogen) atoms.